The Morgan fingerprint density at radius 1 is 1.11 bits per heavy atom. The highest BCUT2D eigenvalue weighted by atomic mass is 16.5. The van der Waals surface area contributed by atoms with Gasteiger partial charge in [0.1, 0.15) is 11.3 Å². The molecule has 0 bridgehead atoms. The van der Waals surface area contributed by atoms with E-state index in [9.17, 15) is 14.4 Å². The standard InChI is InChI=1S/C21H18N2O5/c1-21(16-9-5-7-13-6-3-4-8-15(13)16)19(25)23(20(26)22-21)12-14-10-11-17(28-14)18(24)27-2/h3-11H,12H2,1-2H3,(H,22,26)/t21-/m0/s1. The molecular weight excluding hydrogens is 360 g/mol. The lowest BCUT2D eigenvalue weighted by atomic mass is 9.88. The maximum atomic E-state index is 13.2. The summed E-state index contributed by atoms with van der Waals surface area (Å²) in [6, 6.07) is 15.8. The number of urea groups is 1. The second-order valence-corrected chi connectivity index (χ2v) is 6.73. The molecule has 0 spiro atoms. The molecule has 0 radical (unpaired) electrons. The molecule has 1 N–H and O–H groups in total. The summed E-state index contributed by atoms with van der Waals surface area (Å²) in [6.45, 7) is 1.61. The summed E-state index contributed by atoms with van der Waals surface area (Å²) in [5.41, 5.74) is -0.475. The third kappa shape index (κ3) is 2.72. The first-order valence-corrected chi connectivity index (χ1v) is 8.73. The van der Waals surface area contributed by atoms with E-state index in [0.29, 0.717) is 5.76 Å². The number of carbonyl (C=O) groups excluding carboxylic acids is 3. The number of nitrogens with one attached hydrogen (secondary N) is 1. The summed E-state index contributed by atoms with van der Waals surface area (Å²) in [7, 11) is 1.25. The largest absolute Gasteiger partial charge is 0.463 e. The monoisotopic (exact) mass is 378 g/mol. The van der Waals surface area contributed by atoms with Crippen LogP contribution in [0.5, 0.6) is 0 Å². The first-order chi connectivity index (χ1) is 13.4. The number of furan rings is 1. The minimum atomic E-state index is -1.20. The second-order valence-electron chi connectivity index (χ2n) is 6.73. The fourth-order valence-electron chi connectivity index (χ4n) is 3.51. The van der Waals surface area contributed by atoms with Gasteiger partial charge in [0.05, 0.1) is 13.7 Å². The van der Waals surface area contributed by atoms with E-state index in [1.54, 1.807) is 13.0 Å². The Morgan fingerprint density at radius 3 is 2.64 bits per heavy atom. The number of fused-ring (bicyclic) bond motifs is 1. The van der Waals surface area contributed by atoms with Crippen molar-refractivity contribution in [3.8, 4) is 0 Å². The second kappa shape index (κ2) is 6.53. The van der Waals surface area contributed by atoms with Crippen molar-refractivity contribution in [3.63, 3.8) is 0 Å². The predicted molar refractivity (Wildman–Crippen MR) is 100 cm³/mol. The number of methoxy groups -OCH3 is 1. The van der Waals surface area contributed by atoms with Crippen molar-refractivity contribution in [2.24, 2.45) is 0 Å². The van der Waals surface area contributed by atoms with Crippen molar-refractivity contribution >= 4 is 28.7 Å². The lowest BCUT2D eigenvalue weighted by Crippen LogP contribution is -2.41. The molecule has 3 aromatic rings. The summed E-state index contributed by atoms with van der Waals surface area (Å²) in [5.74, 6) is -0.679. The first kappa shape index (κ1) is 17.8. The van der Waals surface area contributed by atoms with Gasteiger partial charge in [0, 0.05) is 0 Å². The van der Waals surface area contributed by atoms with Gasteiger partial charge in [-0.1, -0.05) is 42.5 Å². The number of hydrogen-bond acceptors (Lipinski definition) is 5. The number of carbonyl (C=O) groups is 3. The molecule has 4 rings (SSSR count). The molecule has 3 amide bonds. The van der Waals surface area contributed by atoms with E-state index < -0.39 is 17.5 Å². The zero-order chi connectivity index (χ0) is 19.9. The Kier molecular flexibility index (Phi) is 4.15. The van der Waals surface area contributed by atoms with Gasteiger partial charge >= 0.3 is 12.0 Å². The molecular formula is C21H18N2O5. The molecule has 1 aromatic heterocycles. The molecule has 7 nitrogen and oxygen atoms in total. The summed E-state index contributed by atoms with van der Waals surface area (Å²) >= 11 is 0. The zero-order valence-corrected chi connectivity index (χ0v) is 15.4. The van der Waals surface area contributed by atoms with Gasteiger partial charge in [-0.25, -0.2) is 9.59 Å². The van der Waals surface area contributed by atoms with Crippen molar-refractivity contribution in [2.45, 2.75) is 19.0 Å². The molecule has 1 aliphatic rings. The van der Waals surface area contributed by atoms with Crippen LogP contribution in [0.1, 0.15) is 28.8 Å². The SMILES string of the molecule is COC(=O)c1ccc(CN2C(=O)N[C@@](C)(c3cccc4ccccc34)C2=O)o1. The van der Waals surface area contributed by atoms with Gasteiger partial charge in [-0.05, 0) is 35.4 Å². The Labute approximate surface area is 160 Å². The molecule has 0 saturated carbocycles. The van der Waals surface area contributed by atoms with Crippen LogP contribution >= 0.6 is 0 Å². The molecule has 2 aromatic carbocycles. The normalized spacial score (nSPS) is 19.1. The molecule has 7 heteroatoms. The van der Waals surface area contributed by atoms with E-state index in [2.05, 4.69) is 10.1 Å². The van der Waals surface area contributed by atoms with Crippen molar-refractivity contribution < 1.29 is 23.5 Å². The number of amides is 3. The van der Waals surface area contributed by atoms with E-state index in [0.717, 1.165) is 21.2 Å². The molecule has 142 valence electrons. The lowest BCUT2D eigenvalue weighted by Gasteiger charge is -2.24. The van der Waals surface area contributed by atoms with Crippen molar-refractivity contribution in [1.29, 1.82) is 0 Å². The van der Waals surface area contributed by atoms with E-state index in [4.69, 9.17) is 4.42 Å². The number of ether oxygens (including phenoxy) is 1. The van der Waals surface area contributed by atoms with Crippen LogP contribution in [0.3, 0.4) is 0 Å². The van der Waals surface area contributed by atoms with Crippen LogP contribution in [0.25, 0.3) is 10.8 Å². The number of imide groups is 1. The van der Waals surface area contributed by atoms with Gasteiger partial charge in [-0.15, -0.1) is 0 Å². The number of rotatable bonds is 4. The molecule has 1 fully saturated rings. The summed E-state index contributed by atoms with van der Waals surface area (Å²) < 4.78 is 9.99. The van der Waals surface area contributed by atoms with E-state index in [-0.39, 0.29) is 18.2 Å². The highest BCUT2D eigenvalue weighted by Crippen LogP contribution is 2.34. The third-order valence-corrected chi connectivity index (χ3v) is 4.97. The average molecular weight is 378 g/mol. The molecule has 1 aliphatic heterocycles. The molecule has 0 unspecified atom stereocenters. The van der Waals surface area contributed by atoms with Gasteiger partial charge < -0.3 is 14.5 Å². The van der Waals surface area contributed by atoms with Crippen molar-refractivity contribution in [2.75, 3.05) is 7.11 Å². The lowest BCUT2D eigenvalue weighted by molar-refractivity contribution is -0.131. The van der Waals surface area contributed by atoms with E-state index in [1.807, 2.05) is 42.5 Å². The number of benzene rings is 2. The maximum Gasteiger partial charge on any atom is 0.373 e. The van der Waals surface area contributed by atoms with Gasteiger partial charge in [0.25, 0.3) is 5.91 Å². The average Bonchev–Trinajstić information content (AvgIpc) is 3.26. The predicted octanol–water partition coefficient (Wildman–Crippen LogP) is 3.19. The van der Waals surface area contributed by atoms with Crippen LogP contribution in [-0.4, -0.2) is 29.9 Å². The van der Waals surface area contributed by atoms with E-state index in [1.165, 1.54) is 13.2 Å². The highest BCUT2D eigenvalue weighted by Gasteiger charge is 2.49. The quantitative estimate of drug-likeness (QED) is 0.556. The topological polar surface area (TPSA) is 88.9 Å². The number of hydrogen-bond donors (Lipinski definition) is 1. The fourth-order valence-corrected chi connectivity index (χ4v) is 3.51. The Balaban J connectivity index is 1.66. The third-order valence-electron chi connectivity index (χ3n) is 4.97. The summed E-state index contributed by atoms with van der Waals surface area (Å²) in [4.78, 5) is 38.4. The molecule has 28 heavy (non-hydrogen) atoms. The summed E-state index contributed by atoms with van der Waals surface area (Å²) in [6.07, 6.45) is 0. The number of esters is 1. The van der Waals surface area contributed by atoms with Crippen LogP contribution in [0.4, 0.5) is 4.79 Å². The Bertz CT molecular complexity index is 1100. The van der Waals surface area contributed by atoms with Gasteiger partial charge in [-0.3, -0.25) is 9.69 Å². The van der Waals surface area contributed by atoms with Crippen molar-refractivity contribution in [1.82, 2.24) is 10.2 Å². The van der Waals surface area contributed by atoms with Crippen molar-refractivity contribution in [3.05, 3.63) is 71.7 Å². The summed E-state index contributed by atoms with van der Waals surface area (Å²) in [5, 5.41) is 4.68. The first-order valence-electron chi connectivity index (χ1n) is 8.73. The molecule has 2 heterocycles. The van der Waals surface area contributed by atoms with Crippen LogP contribution in [-0.2, 0) is 21.6 Å². The van der Waals surface area contributed by atoms with Crippen LogP contribution in [0.15, 0.2) is 59.0 Å². The Morgan fingerprint density at radius 2 is 1.86 bits per heavy atom. The molecule has 0 aliphatic carbocycles. The van der Waals surface area contributed by atoms with Crippen LogP contribution < -0.4 is 5.32 Å². The van der Waals surface area contributed by atoms with Gasteiger partial charge in [-0.2, -0.15) is 0 Å². The van der Waals surface area contributed by atoms with Crippen LogP contribution in [0.2, 0.25) is 0 Å². The molecule has 1 atom stereocenters. The highest BCUT2D eigenvalue weighted by molar-refractivity contribution is 6.09. The Hall–Kier alpha value is -3.61. The smallest absolute Gasteiger partial charge is 0.373 e. The fraction of sp³-hybridized carbons (Fsp3) is 0.190. The minimum Gasteiger partial charge on any atom is -0.463 e. The van der Waals surface area contributed by atoms with Crippen LogP contribution in [0, 0.1) is 0 Å². The van der Waals surface area contributed by atoms with Gasteiger partial charge in [0.15, 0.2) is 0 Å². The van der Waals surface area contributed by atoms with E-state index >= 15 is 0 Å². The number of nitrogens with zero attached hydrogens (tertiary/aromatic N) is 1. The minimum absolute atomic E-state index is 0.0152. The maximum absolute atomic E-state index is 13.2. The van der Waals surface area contributed by atoms with Gasteiger partial charge in [0.2, 0.25) is 5.76 Å². The zero-order valence-electron chi connectivity index (χ0n) is 15.4. The molecule has 1 saturated heterocycles.